The molecule has 2 N–H and O–H groups in total. The number of aryl methyl sites for hydroxylation is 4. The molecule has 3 rings (SSSR count). The summed E-state index contributed by atoms with van der Waals surface area (Å²) in [7, 11) is 0. The Bertz CT molecular complexity index is 908. The first-order valence-electron chi connectivity index (χ1n) is 8.42. The van der Waals surface area contributed by atoms with Gasteiger partial charge in [-0.25, -0.2) is 4.98 Å². The van der Waals surface area contributed by atoms with Crippen LogP contribution in [0, 0.1) is 27.7 Å². The maximum Gasteiger partial charge on any atom is 0.234 e. The summed E-state index contributed by atoms with van der Waals surface area (Å²) in [6, 6.07) is 12.2. The topological polar surface area (TPSA) is 70.7 Å². The molecular weight excluding hydrogens is 344 g/mol. The highest BCUT2D eigenvalue weighted by Gasteiger charge is 2.11. The van der Waals surface area contributed by atoms with E-state index in [-0.39, 0.29) is 11.7 Å². The second-order valence-electron chi connectivity index (χ2n) is 6.44. The number of aromatic nitrogens is 3. The van der Waals surface area contributed by atoms with E-state index >= 15 is 0 Å². The second kappa shape index (κ2) is 7.74. The van der Waals surface area contributed by atoms with Crippen molar-refractivity contribution in [3.05, 3.63) is 58.7 Å². The van der Waals surface area contributed by atoms with Crippen molar-refractivity contribution in [1.82, 2.24) is 15.2 Å². The molecule has 0 aliphatic rings. The van der Waals surface area contributed by atoms with Gasteiger partial charge in [0.25, 0.3) is 0 Å². The minimum Gasteiger partial charge on any atom is -0.325 e. The van der Waals surface area contributed by atoms with Crippen LogP contribution in [0.1, 0.15) is 22.3 Å². The van der Waals surface area contributed by atoms with Gasteiger partial charge in [-0.2, -0.15) is 0 Å². The van der Waals surface area contributed by atoms with Gasteiger partial charge in [0.05, 0.1) is 5.75 Å². The zero-order valence-corrected chi connectivity index (χ0v) is 16.2. The summed E-state index contributed by atoms with van der Waals surface area (Å²) < 4.78 is 0. The smallest absolute Gasteiger partial charge is 0.234 e. The fourth-order valence-electron chi connectivity index (χ4n) is 2.83. The summed E-state index contributed by atoms with van der Waals surface area (Å²) in [4.78, 5) is 16.7. The van der Waals surface area contributed by atoms with Gasteiger partial charge in [0, 0.05) is 11.3 Å². The Balaban J connectivity index is 1.61. The van der Waals surface area contributed by atoms with Gasteiger partial charge in [-0.3, -0.25) is 9.89 Å². The Hall–Kier alpha value is -2.60. The molecule has 1 aromatic heterocycles. The van der Waals surface area contributed by atoms with Crippen molar-refractivity contribution >= 4 is 23.4 Å². The monoisotopic (exact) mass is 366 g/mol. The Morgan fingerprint density at radius 2 is 1.69 bits per heavy atom. The van der Waals surface area contributed by atoms with Crippen LogP contribution in [-0.4, -0.2) is 26.8 Å². The quantitative estimate of drug-likeness (QED) is 0.655. The number of amides is 1. The molecule has 5 nitrogen and oxygen atoms in total. The van der Waals surface area contributed by atoms with E-state index < -0.39 is 0 Å². The van der Waals surface area contributed by atoms with Crippen LogP contribution < -0.4 is 5.32 Å². The lowest BCUT2D eigenvalue weighted by Crippen LogP contribution is -2.16. The second-order valence-corrected chi connectivity index (χ2v) is 7.39. The van der Waals surface area contributed by atoms with Crippen molar-refractivity contribution in [3.8, 4) is 11.4 Å². The summed E-state index contributed by atoms with van der Waals surface area (Å²) >= 11 is 1.32. The van der Waals surface area contributed by atoms with Crippen molar-refractivity contribution in [3.63, 3.8) is 0 Å². The van der Waals surface area contributed by atoms with E-state index in [1.54, 1.807) is 0 Å². The van der Waals surface area contributed by atoms with Crippen LogP contribution in [0.3, 0.4) is 0 Å². The molecule has 0 bridgehead atoms. The molecule has 3 aromatic rings. The van der Waals surface area contributed by atoms with E-state index in [0.717, 1.165) is 22.4 Å². The molecule has 6 heteroatoms. The number of rotatable bonds is 5. The summed E-state index contributed by atoms with van der Waals surface area (Å²) in [5.41, 5.74) is 6.39. The standard InChI is InChI=1S/C20H22N4OS/c1-12-5-7-16(8-6-12)19-22-20(24-23-19)26-11-17(25)21-18-14(3)9-13(2)10-15(18)4/h5-10H,11H2,1-4H3,(H,21,25)(H,22,23,24). The van der Waals surface area contributed by atoms with Gasteiger partial charge in [-0.05, 0) is 38.8 Å². The molecule has 0 spiro atoms. The van der Waals surface area contributed by atoms with Crippen LogP contribution in [0.25, 0.3) is 11.4 Å². The van der Waals surface area contributed by atoms with Gasteiger partial charge < -0.3 is 5.32 Å². The van der Waals surface area contributed by atoms with E-state index in [1.165, 1.54) is 22.9 Å². The highest BCUT2D eigenvalue weighted by molar-refractivity contribution is 7.99. The number of nitrogens with zero attached hydrogens (tertiary/aromatic N) is 2. The van der Waals surface area contributed by atoms with Crippen LogP contribution >= 0.6 is 11.8 Å². The first-order chi connectivity index (χ1) is 12.4. The Morgan fingerprint density at radius 1 is 1.04 bits per heavy atom. The lowest BCUT2D eigenvalue weighted by atomic mass is 10.1. The maximum absolute atomic E-state index is 12.3. The number of benzene rings is 2. The molecule has 2 aromatic carbocycles. The number of carbonyl (C=O) groups excluding carboxylic acids is 1. The third-order valence-electron chi connectivity index (χ3n) is 4.06. The third kappa shape index (κ3) is 4.32. The number of hydrogen-bond acceptors (Lipinski definition) is 4. The average molecular weight is 366 g/mol. The number of carbonyl (C=O) groups is 1. The summed E-state index contributed by atoms with van der Waals surface area (Å²) in [5, 5.41) is 10.7. The number of anilines is 1. The molecule has 0 fully saturated rings. The van der Waals surface area contributed by atoms with Crippen molar-refractivity contribution in [2.75, 3.05) is 11.1 Å². The Morgan fingerprint density at radius 3 is 2.35 bits per heavy atom. The zero-order chi connectivity index (χ0) is 18.7. The first-order valence-corrected chi connectivity index (χ1v) is 9.41. The van der Waals surface area contributed by atoms with Crippen LogP contribution in [0.15, 0.2) is 41.6 Å². The molecule has 0 saturated heterocycles. The SMILES string of the molecule is Cc1ccc(-c2nc(SCC(=O)Nc3c(C)cc(C)cc3C)n[nH]2)cc1. The molecule has 26 heavy (non-hydrogen) atoms. The van der Waals surface area contributed by atoms with Gasteiger partial charge >= 0.3 is 0 Å². The maximum atomic E-state index is 12.3. The van der Waals surface area contributed by atoms with Gasteiger partial charge in [-0.1, -0.05) is 59.3 Å². The zero-order valence-electron chi connectivity index (χ0n) is 15.4. The molecule has 0 unspecified atom stereocenters. The predicted octanol–water partition coefficient (Wildman–Crippen LogP) is 4.44. The van der Waals surface area contributed by atoms with Crippen LogP contribution in [-0.2, 0) is 4.79 Å². The number of thioether (sulfide) groups is 1. The molecule has 0 saturated carbocycles. The molecule has 0 atom stereocenters. The fourth-order valence-corrected chi connectivity index (χ4v) is 3.43. The highest BCUT2D eigenvalue weighted by atomic mass is 32.2. The van der Waals surface area contributed by atoms with E-state index in [9.17, 15) is 4.79 Å². The average Bonchev–Trinajstić information content (AvgIpc) is 3.06. The Kier molecular flexibility index (Phi) is 5.42. The van der Waals surface area contributed by atoms with E-state index in [0.29, 0.717) is 11.0 Å². The van der Waals surface area contributed by atoms with E-state index in [1.807, 2.05) is 45.0 Å². The summed E-state index contributed by atoms with van der Waals surface area (Å²) in [5.74, 6) is 0.905. The minimum absolute atomic E-state index is 0.0632. The third-order valence-corrected chi connectivity index (χ3v) is 4.91. The van der Waals surface area contributed by atoms with Crippen LogP contribution in [0.5, 0.6) is 0 Å². The van der Waals surface area contributed by atoms with Crippen molar-refractivity contribution in [1.29, 1.82) is 0 Å². The van der Waals surface area contributed by atoms with Crippen molar-refractivity contribution in [2.24, 2.45) is 0 Å². The molecule has 0 aliphatic carbocycles. The van der Waals surface area contributed by atoms with Gasteiger partial charge in [0.15, 0.2) is 5.82 Å². The van der Waals surface area contributed by atoms with Gasteiger partial charge in [-0.15, -0.1) is 5.10 Å². The van der Waals surface area contributed by atoms with Crippen LogP contribution in [0.4, 0.5) is 5.69 Å². The van der Waals surface area contributed by atoms with Gasteiger partial charge in [0.2, 0.25) is 11.1 Å². The number of hydrogen-bond donors (Lipinski definition) is 2. The fraction of sp³-hybridized carbons (Fsp3) is 0.250. The van der Waals surface area contributed by atoms with Crippen LogP contribution in [0.2, 0.25) is 0 Å². The highest BCUT2D eigenvalue weighted by Crippen LogP contribution is 2.23. The number of aromatic amines is 1. The summed E-state index contributed by atoms with van der Waals surface area (Å²) in [6.07, 6.45) is 0. The molecular formula is C20H22N4OS. The lowest BCUT2D eigenvalue weighted by Gasteiger charge is -2.12. The predicted molar refractivity (Wildman–Crippen MR) is 107 cm³/mol. The minimum atomic E-state index is -0.0632. The van der Waals surface area contributed by atoms with E-state index in [2.05, 4.69) is 39.6 Å². The first kappa shape index (κ1) is 18.2. The normalized spacial score (nSPS) is 10.8. The molecule has 0 radical (unpaired) electrons. The summed E-state index contributed by atoms with van der Waals surface area (Å²) in [6.45, 7) is 8.11. The molecule has 1 amide bonds. The number of H-pyrrole nitrogens is 1. The number of nitrogens with one attached hydrogen (secondary N) is 2. The molecule has 0 aliphatic heterocycles. The lowest BCUT2D eigenvalue weighted by molar-refractivity contribution is -0.113. The van der Waals surface area contributed by atoms with Gasteiger partial charge in [0.1, 0.15) is 0 Å². The largest absolute Gasteiger partial charge is 0.325 e. The Labute approximate surface area is 157 Å². The van der Waals surface area contributed by atoms with Crippen molar-refractivity contribution < 1.29 is 4.79 Å². The molecule has 1 heterocycles. The van der Waals surface area contributed by atoms with E-state index in [4.69, 9.17) is 0 Å². The molecule has 134 valence electrons. The van der Waals surface area contributed by atoms with Crippen molar-refractivity contribution in [2.45, 2.75) is 32.9 Å².